The van der Waals surface area contributed by atoms with Crippen molar-refractivity contribution >= 4 is 17.1 Å². The predicted molar refractivity (Wildman–Crippen MR) is 54.4 cm³/mol. The van der Waals surface area contributed by atoms with Crippen LogP contribution in [-0.2, 0) is 4.74 Å². The molecule has 0 aromatic carbocycles. The fourth-order valence-corrected chi connectivity index (χ4v) is 1.45. The number of carbonyl (C=O) groups is 1. The Morgan fingerprint density at radius 2 is 2.23 bits per heavy atom. The summed E-state index contributed by atoms with van der Waals surface area (Å²) in [5.41, 5.74) is 0.500. The summed E-state index contributed by atoms with van der Waals surface area (Å²) in [7, 11) is 0. The van der Waals surface area contributed by atoms with Crippen LogP contribution >= 0.6 is 11.3 Å². The molecule has 0 atom stereocenters. The lowest BCUT2D eigenvalue weighted by Gasteiger charge is -2.18. The van der Waals surface area contributed by atoms with Crippen molar-refractivity contribution in [2.45, 2.75) is 26.4 Å². The monoisotopic (exact) mass is 198 g/mol. The van der Waals surface area contributed by atoms with Crippen molar-refractivity contribution in [3.05, 3.63) is 22.4 Å². The summed E-state index contributed by atoms with van der Waals surface area (Å²) in [4.78, 5) is 11.4. The first-order chi connectivity index (χ1) is 5.99. The van der Waals surface area contributed by atoms with Crippen LogP contribution in [0.25, 0.3) is 0 Å². The molecule has 13 heavy (non-hydrogen) atoms. The van der Waals surface area contributed by atoms with Crippen molar-refractivity contribution in [2.24, 2.45) is 0 Å². The van der Waals surface area contributed by atoms with E-state index in [1.807, 2.05) is 37.6 Å². The third-order valence-electron chi connectivity index (χ3n) is 1.48. The van der Waals surface area contributed by atoms with Gasteiger partial charge < -0.3 is 4.74 Å². The Morgan fingerprint density at radius 3 is 2.69 bits per heavy atom. The fraction of sp³-hybridized carbons (Fsp3) is 0.500. The molecule has 0 spiro atoms. The highest BCUT2D eigenvalue weighted by Gasteiger charge is 2.13. The van der Waals surface area contributed by atoms with Crippen molar-refractivity contribution in [3.63, 3.8) is 0 Å². The van der Waals surface area contributed by atoms with Gasteiger partial charge >= 0.3 is 0 Å². The second-order valence-corrected chi connectivity index (χ2v) is 4.62. The van der Waals surface area contributed by atoms with E-state index in [1.165, 1.54) is 11.3 Å². The molecule has 3 heteroatoms. The molecular formula is C10H14O2S. The largest absolute Gasteiger partial charge is 0.368 e. The maximum atomic E-state index is 11.4. The zero-order valence-electron chi connectivity index (χ0n) is 8.16. The molecule has 1 aromatic heterocycles. The first kappa shape index (κ1) is 10.4. The maximum absolute atomic E-state index is 11.4. The molecule has 0 aliphatic rings. The van der Waals surface area contributed by atoms with Crippen LogP contribution in [0.5, 0.6) is 0 Å². The van der Waals surface area contributed by atoms with Gasteiger partial charge in [-0.15, -0.1) is 0 Å². The Bertz CT molecular complexity index is 270. The molecule has 0 aliphatic carbocycles. The Labute approximate surface area is 82.5 Å². The van der Waals surface area contributed by atoms with E-state index in [9.17, 15) is 4.79 Å². The molecular weight excluding hydrogens is 184 g/mol. The van der Waals surface area contributed by atoms with Gasteiger partial charge in [0, 0.05) is 10.9 Å². The number of Topliss-reactive ketones (excluding diaryl/α,β-unsaturated/α-hetero) is 1. The first-order valence-corrected chi connectivity index (χ1v) is 5.13. The van der Waals surface area contributed by atoms with Gasteiger partial charge in [-0.25, -0.2) is 0 Å². The van der Waals surface area contributed by atoms with Gasteiger partial charge in [0.15, 0.2) is 5.78 Å². The molecule has 0 aliphatic heterocycles. The van der Waals surface area contributed by atoms with Crippen LogP contribution in [0, 0.1) is 0 Å². The lowest BCUT2D eigenvalue weighted by molar-refractivity contribution is 0.00308. The van der Waals surface area contributed by atoms with Crippen LogP contribution < -0.4 is 0 Å². The third kappa shape index (κ3) is 3.70. The van der Waals surface area contributed by atoms with Crippen molar-refractivity contribution in [3.8, 4) is 0 Å². The maximum Gasteiger partial charge on any atom is 0.189 e. The number of thiophene rings is 1. The van der Waals surface area contributed by atoms with Gasteiger partial charge in [-0.3, -0.25) is 4.79 Å². The van der Waals surface area contributed by atoms with Gasteiger partial charge in [0.25, 0.3) is 0 Å². The molecule has 0 amide bonds. The summed E-state index contributed by atoms with van der Waals surface area (Å²) in [6.07, 6.45) is 0. The lowest BCUT2D eigenvalue weighted by atomic mass is 10.2. The smallest absolute Gasteiger partial charge is 0.189 e. The van der Waals surface area contributed by atoms with E-state index in [1.54, 1.807) is 0 Å². The van der Waals surface area contributed by atoms with Crippen LogP contribution in [0.4, 0.5) is 0 Å². The molecule has 0 saturated heterocycles. The van der Waals surface area contributed by atoms with Gasteiger partial charge in [-0.1, -0.05) is 0 Å². The van der Waals surface area contributed by atoms with Gasteiger partial charge in [-0.05, 0) is 32.2 Å². The molecule has 0 bridgehead atoms. The van der Waals surface area contributed by atoms with Crippen molar-refractivity contribution < 1.29 is 9.53 Å². The summed E-state index contributed by atoms with van der Waals surface area (Å²) in [6, 6.07) is 1.82. The summed E-state index contributed by atoms with van der Waals surface area (Å²) < 4.78 is 5.37. The van der Waals surface area contributed by atoms with Crippen LogP contribution in [0.15, 0.2) is 16.8 Å². The van der Waals surface area contributed by atoms with E-state index in [0.29, 0.717) is 0 Å². The highest BCUT2D eigenvalue weighted by atomic mass is 32.1. The molecule has 72 valence electrons. The van der Waals surface area contributed by atoms with Crippen LogP contribution in [-0.4, -0.2) is 18.0 Å². The van der Waals surface area contributed by atoms with Crippen molar-refractivity contribution in [1.82, 2.24) is 0 Å². The molecule has 2 nitrogen and oxygen atoms in total. The molecule has 0 unspecified atom stereocenters. The number of carbonyl (C=O) groups excluding carboxylic acids is 1. The first-order valence-electron chi connectivity index (χ1n) is 4.18. The minimum atomic E-state index is -0.244. The number of rotatable bonds is 3. The van der Waals surface area contributed by atoms with E-state index in [-0.39, 0.29) is 18.0 Å². The summed E-state index contributed by atoms with van der Waals surface area (Å²) in [5.74, 6) is 0.0520. The van der Waals surface area contributed by atoms with Crippen molar-refractivity contribution in [2.75, 3.05) is 6.61 Å². The quantitative estimate of drug-likeness (QED) is 0.698. The van der Waals surface area contributed by atoms with Crippen LogP contribution in [0.2, 0.25) is 0 Å². The van der Waals surface area contributed by atoms with Crippen molar-refractivity contribution in [1.29, 1.82) is 0 Å². The summed E-state index contributed by atoms with van der Waals surface area (Å²) >= 11 is 1.52. The average Bonchev–Trinajstić information content (AvgIpc) is 2.50. The molecule has 1 heterocycles. The Hall–Kier alpha value is -0.670. The zero-order valence-corrected chi connectivity index (χ0v) is 8.98. The highest BCUT2D eigenvalue weighted by molar-refractivity contribution is 7.08. The van der Waals surface area contributed by atoms with Gasteiger partial charge in [0.1, 0.15) is 6.61 Å². The van der Waals surface area contributed by atoms with E-state index >= 15 is 0 Å². The molecule has 0 radical (unpaired) electrons. The Balaban J connectivity index is 2.44. The fourth-order valence-electron chi connectivity index (χ4n) is 0.789. The Kier molecular flexibility index (Phi) is 3.22. The normalized spacial score (nSPS) is 11.6. The van der Waals surface area contributed by atoms with Gasteiger partial charge in [0.05, 0.1) is 5.60 Å². The van der Waals surface area contributed by atoms with Gasteiger partial charge in [-0.2, -0.15) is 11.3 Å². The molecule has 0 N–H and O–H groups in total. The number of ketones is 1. The molecule has 1 rings (SSSR count). The minimum absolute atomic E-state index is 0.0520. The molecule has 0 fully saturated rings. The second-order valence-electron chi connectivity index (χ2n) is 3.84. The zero-order chi connectivity index (χ0) is 9.90. The summed E-state index contributed by atoms with van der Waals surface area (Å²) in [6.45, 7) is 5.98. The van der Waals surface area contributed by atoms with E-state index < -0.39 is 0 Å². The lowest BCUT2D eigenvalue weighted by Crippen LogP contribution is -2.23. The second kappa shape index (κ2) is 4.03. The minimum Gasteiger partial charge on any atom is -0.368 e. The average molecular weight is 198 g/mol. The molecule has 1 aromatic rings. The number of ether oxygens (including phenoxy) is 1. The topological polar surface area (TPSA) is 26.3 Å². The predicted octanol–water partition coefficient (Wildman–Crippen LogP) is 2.75. The van der Waals surface area contributed by atoms with E-state index in [4.69, 9.17) is 4.74 Å². The van der Waals surface area contributed by atoms with E-state index in [2.05, 4.69) is 0 Å². The number of hydrogen-bond acceptors (Lipinski definition) is 3. The van der Waals surface area contributed by atoms with Gasteiger partial charge in [0.2, 0.25) is 0 Å². The SMILES string of the molecule is CC(C)(C)OCC(=O)c1ccsc1. The van der Waals surface area contributed by atoms with Crippen LogP contribution in [0.3, 0.4) is 0 Å². The third-order valence-corrected chi connectivity index (χ3v) is 2.16. The highest BCUT2D eigenvalue weighted by Crippen LogP contribution is 2.10. The number of hydrogen-bond donors (Lipinski definition) is 0. The standard InChI is InChI=1S/C10H14O2S/c1-10(2,3)12-6-9(11)8-4-5-13-7-8/h4-5,7H,6H2,1-3H3. The summed E-state index contributed by atoms with van der Waals surface area (Å²) in [5, 5.41) is 3.73. The van der Waals surface area contributed by atoms with E-state index in [0.717, 1.165) is 5.56 Å². The van der Waals surface area contributed by atoms with Crippen LogP contribution in [0.1, 0.15) is 31.1 Å². The molecule has 0 saturated carbocycles. The Morgan fingerprint density at radius 1 is 1.54 bits per heavy atom.